The Morgan fingerprint density at radius 2 is 1.26 bits per heavy atom. The summed E-state index contributed by atoms with van der Waals surface area (Å²) in [4.78, 5) is 0. The van der Waals surface area contributed by atoms with Crippen LogP contribution in [-0.4, -0.2) is 0 Å². The lowest BCUT2D eigenvalue weighted by molar-refractivity contribution is 0.111. The molecule has 2 aliphatic rings. The Morgan fingerprint density at radius 3 is 1.79 bits per heavy atom. The van der Waals surface area contributed by atoms with Crippen molar-refractivity contribution in [2.45, 2.75) is 107 Å². The first-order valence-electron chi connectivity index (χ1n) is 14.0. The number of fused-ring (bicyclic) bond motifs is 2. The Hall–Kier alpha value is -1.56. The third kappa shape index (κ3) is 6.35. The lowest BCUT2D eigenvalue weighted by Crippen LogP contribution is -2.37. The SMILES string of the molecule is CC(C)C1CCc2c(cccc2C(C)(C)C)C1.CC(C)C1Cc2ccccc2CC1C(C)(C)C. The molecular formula is C34H52. The molecule has 0 bridgehead atoms. The largest absolute Gasteiger partial charge is 0.0625 e. The fourth-order valence-electron chi connectivity index (χ4n) is 6.50. The van der Waals surface area contributed by atoms with E-state index in [1.807, 2.05) is 0 Å². The smallest absolute Gasteiger partial charge is 0.0129 e. The summed E-state index contributed by atoms with van der Waals surface area (Å²) < 4.78 is 0. The summed E-state index contributed by atoms with van der Waals surface area (Å²) in [5, 5.41) is 0. The molecule has 0 fully saturated rings. The fraction of sp³-hybridized carbons (Fsp3) is 0.647. The van der Waals surface area contributed by atoms with E-state index < -0.39 is 0 Å². The van der Waals surface area contributed by atoms with Gasteiger partial charge in [-0.3, -0.25) is 0 Å². The van der Waals surface area contributed by atoms with E-state index >= 15 is 0 Å². The van der Waals surface area contributed by atoms with E-state index in [-0.39, 0.29) is 5.41 Å². The third-order valence-corrected chi connectivity index (χ3v) is 8.77. The Labute approximate surface area is 212 Å². The van der Waals surface area contributed by atoms with Gasteiger partial charge in [-0.25, -0.2) is 0 Å². The van der Waals surface area contributed by atoms with Gasteiger partial charge in [0.1, 0.15) is 0 Å². The molecule has 0 heteroatoms. The van der Waals surface area contributed by atoms with Crippen molar-refractivity contribution >= 4 is 0 Å². The number of hydrogen-bond acceptors (Lipinski definition) is 0. The van der Waals surface area contributed by atoms with Crippen LogP contribution in [0.15, 0.2) is 42.5 Å². The van der Waals surface area contributed by atoms with E-state index in [1.54, 1.807) is 27.8 Å². The standard InChI is InChI=1S/2C17H26/c1-12(2)13-9-10-15-14(11-13)7-6-8-16(15)17(3,4)5;1-12(2)15-10-13-8-6-7-9-14(13)11-16(15)17(3,4)5/h6-8,12-13H,9-11H2,1-5H3;6-9,12,15-16H,10-11H2,1-5H3. The Bertz CT molecular complexity index is 931. The summed E-state index contributed by atoms with van der Waals surface area (Å²) in [6.07, 6.45) is 6.48. The van der Waals surface area contributed by atoms with E-state index in [0.29, 0.717) is 5.41 Å². The van der Waals surface area contributed by atoms with Gasteiger partial charge in [0, 0.05) is 0 Å². The van der Waals surface area contributed by atoms with Gasteiger partial charge in [-0.15, -0.1) is 0 Å². The third-order valence-electron chi connectivity index (χ3n) is 8.77. The molecule has 3 unspecified atom stereocenters. The molecule has 0 saturated heterocycles. The van der Waals surface area contributed by atoms with Crippen molar-refractivity contribution in [3.63, 3.8) is 0 Å². The van der Waals surface area contributed by atoms with Gasteiger partial charge in [0.25, 0.3) is 0 Å². The van der Waals surface area contributed by atoms with Crippen LogP contribution in [0.5, 0.6) is 0 Å². The predicted octanol–water partition coefficient (Wildman–Crippen LogP) is 9.46. The Kier molecular flexibility index (Phi) is 8.42. The van der Waals surface area contributed by atoms with Gasteiger partial charge in [0.15, 0.2) is 0 Å². The normalized spacial score (nSPS) is 22.6. The molecular weight excluding hydrogens is 408 g/mol. The Balaban J connectivity index is 0.000000191. The van der Waals surface area contributed by atoms with E-state index in [0.717, 1.165) is 29.6 Å². The number of rotatable bonds is 2. The van der Waals surface area contributed by atoms with Crippen LogP contribution >= 0.6 is 0 Å². The second kappa shape index (κ2) is 10.6. The molecule has 3 atom stereocenters. The van der Waals surface area contributed by atoms with Crippen LogP contribution in [0.4, 0.5) is 0 Å². The minimum atomic E-state index is 0.288. The van der Waals surface area contributed by atoms with Crippen LogP contribution in [0.2, 0.25) is 0 Å². The maximum absolute atomic E-state index is 2.40. The van der Waals surface area contributed by atoms with E-state index in [2.05, 4.69) is 112 Å². The van der Waals surface area contributed by atoms with E-state index in [1.165, 1.54) is 32.1 Å². The van der Waals surface area contributed by atoms with Gasteiger partial charge in [0.2, 0.25) is 0 Å². The topological polar surface area (TPSA) is 0 Å². The monoisotopic (exact) mass is 460 g/mol. The van der Waals surface area contributed by atoms with Crippen molar-refractivity contribution in [2.24, 2.45) is 35.0 Å². The van der Waals surface area contributed by atoms with Gasteiger partial charge >= 0.3 is 0 Å². The van der Waals surface area contributed by atoms with Gasteiger partial charge < -0.3 is 0 Å². The first-order valence-corrected chi connectivity index (χ1v) is 14.0. The molecule has 0 aromatic heterocycles. The predicted molar refractivity (Wildman–Crippen MR) is 151 cm³/mol. The minimum Gasteiger partial charge on any atom is -0.0625 e. The van der Waals surface area contributed by atoms with Crippen molar-refractivity contribution in [1.29, 1.82) is 0 Å². The maximum Gasteiger partial charge on any atom is -0.0129 e. The Morgan fingerprint density at radius 1 is 0.676 bits per heavy atom. The lowest BCUT2D eigenvalue weighted by atomic mass is 9.62. The molecule has 2 aliphatic carbocycles. The first-order chi connectivity index (χ1) is 15.8. The van der Waals surface area contributed by atoms with Gasteiger partial charge in [-0.1, -0.05) is 112 Å². The first kappa shape index (κ1) is 27.0. The van der Waals surface area contributed by atoms with Crippen LogP contribution in [0.25, 0.3) is 0 Å². The van der Waals surface area contributed by atoms with Gasteiger partial charge in [-0.05, 0) is 100 Å². The second-order valence-corrected chi connectivity index (χ2v) is 14.0. The molecule has 0 amide bonds. The molecule has 0 saturated carbocycles. The minimum absolute atomic E-state index is 0.288. The van der Waals surface area contributed by atoms with Crippen LogP contribution in [0.3, 0.4) is 0 Å². The van der Waals surface area contributed by atoms with E-state index in [4.69, 9.17) is 0 Å². The maximum atomic E-state index is 2.40. The summed E-state index contributed by atoms with van der Waals surface area (Å²) in [7, 11) is 0. The van der Waals surface area contributed by atoms with Gasteiger partial charge in [0.05, 0.1) is 0 Å². The summed E-state index contributed by atoms with van der Waals surface area (Å²) in [6.45, 7) is 23.7. The molecule has 0 aliphatic heterocycles. The van der Waals surface area contributed by atoms with Crippen LogP contribution in [-0.2, 0) is 31.1 Å². The van der Waals surface area contributed by atoms with Gasteiger partial charge in [-0.2, -0.15) is 0 Å². The van der Waals surface area contributed by atoms with Crippen molar-refractivity contribution < 1.29 is 0 Å². The zero-order valence-electron chi connectivity index (χ0n) is 24.0. The molecule has 0 spiro atoms. The van der Waals surface area contributed by atoms with Crippen LogP contribution < -0.4 is 0 Å². The highest BCUT2D eigenvalue weighted by molar-refractivity contribution is 5.41. The fourth-order valence-corrected chi connectivity index (χ4v) is 6.50. The molecule has 2 aromatic carbocycles. The lowest BCUT2D eigenvalue weighted by Gasteiger charge is -2.43. The molecule has 0 radical (unpaired) electrons. The van der Waals surface area contributed by atoms with Crippen molar-refractivity contribution in [2.75, 3.05) is 0 Å². The quantitative estimate of drug-likeness (QED) is 0.418. The number of hydrogen-bond donors (Lipinski definition) is 0. The molecule has 0 nitrogen and oxygen atoms in total. The summed E-state index contributed by atoms with van der Waals surface area (Å²) in [6, 6.07) is 16.0. The summed E-state index contributed by atoms with van der Waals surface area (Å²) >= 11 is 0. The van der Waals surface area contributed by atoms with Crippen LogP contribution in [0, 0.1) is 35.0 Å². The highest BCUT2D eigenvalue weighted by Gasteiger charge is 2.37. The second-order valence-electron chi connectivity index (χ2n) is 14.0. The zero-order valence-corrected chi connectivity index (χ0v) is 24.0. The average molecular weight is 461 g/mol. The van der Waals surface area contributed by atoms with Crippen LogP contribution in [0.1, 0.15) is 103 Å². The molecule has 4 rings (SSSR count). The average Bonchev–Trinajstić information content (AvgIpc) is 2.76. The van der Waals surface area contributed by atoms with E-state index in [9.17, 15) is 0 Å². The van der Waals surface area contributed by atoms with Crippen molar-refractivity contribution in [3.05, 3.63) is 70.3 Å². The molecule has 0 N–H and O–H groups in total. The zero-order chi connectivity index (χ0) is 25.3. The highest BCUT2D eigenvalue weighted by atomic mass is 14.4. The highest BCUT2D eigenvalue weighted by Crippen LogP contribution is 2.43. The number of benzene rings is 2. The molecule has 2 aromatic rings. The molecule has 188 valence electrons. The molecule has 0 heterocycles. The van der Waals surface area contributed by atoms with Crippen molar-refractivity contribution in [3.8, 4) is 0 Å². The summed E-state index contributed by atoms with van der Waals surface area (Å²) in [5.41, 5.74) is 8.71. The molecule has 34 heavy (non-hydrogen) atoms. The summed E-state index contributed by atoms with van der Waals surface area (Å²) in [5.74, 6) is 4.15. The van der Waals surface area contributed by atoms with Crippen molar-refractivity contribution in [1.82, 2.24) is 0 Å².